The van der Waals surface area contributed by atoms with Gasteiger partial charge in [0.05, 0.1) is 5.75 Å². The highest BCUT2D eigenvalue weighted by molar-refractivity contribution is 7.99. The lowest BCUT2D eigenvalue weighted by Crippen LogP contribution is -2.16. The van der Waals surface area contributed by atoms with Gasteiger partial charge in [-0.25, -0.2) is 4.98 Å². The van der Waals surface area contributed by atoms with Gasteiger partial charge in [0.25, 0.3) is 5.78 Å². The van der Waals surface area contributed by atoms with Crippen molar-refractivity contribution in [2.24, 2.45) is 0 Å². The van der Waals surface area contributed by atoms with Gasteiger partial charge in [0.2, 0.25) is 0 Å². The molecule has 1 aliphatic heterocycles. The Kier molecular flexibility index (Phi) is 4.04. The van der Waals surface area contributed by atoms with Crippen molar-refractivity contribution >= 4 is 23.3 Å². The van der Waals surface area contributed by atoms with Gasteiger partial charge in [-0.1, -0.05) is 11.8 Å². The lowest BCUT2D eigenvalue weighted by molar-refractivity contribution is 0.102. The molecule has 0 bridgehead atoms. The van der Waals surface area contributed by atoms with E-state index in [0.29, 0.717) is 41.2 Å². The topological polar surface area (TPSA) is 78.6 Å². The Bertz CT molecular complexity index is 970. The van der Waals surface area contributed by atoms with Crippen LogP contribution in [-0.2, 0) is 0 Å². The minimum absolute atomic E-state index is 0.00329. The number of rotatable bonds is 4. The molecule has 0 aliphatic carbocycles. The number of carbonyl (C=O) groups is 1. The number of thioether (sulfide) groups is 1. The summed E-state index contributed by atoms with van der Waals surface area (Å²) in [5.74, 6) is 2.10. The average Bonchev–Trinajstić information content (AvgIpc) is 3.02. The molecule has 0 saturated heterocycles. The Morgan fingerprint density at radius 3 is 2.80 bits per heavy atom. The second kappa shape index (κ2) is 6.36. The fraction of sp³-hybridized carbons (Fsp3) is 0.294. The molecule has 0 atom stereocenters. The molecule has 0 unspecified atom stereocenters. The fourth-order valence-corrected chi connectivity index (χ4v) is 3.60. The van der Waals surface area contributed by atoms with Crippen molar-refractivity contribution < 1.29 is 14.3 Å². The normalized spacial score (nSPS) is 13.2. The first kappa shape index (κ1) is 15.9. The zero-order chi connectivity index (χ0) is 17.4. The highest BCUT2D eigenvalue weighted by Gasteiger charge is 2.17. The van der Waals surface area contributed by atoms with Crippen LogP contribution in [0.1, 0.15) is 21.7 Å². The van der Waals surface area contributed by atoms with E-state index in [9.17, 15) is 4.79 Å². The summed E-state index contributed by atoms with van der Waals surface area (Å²) in [6.07, 6.45) is 0. The van der Waals surface area contributed by atoms with Crippen LogP contribution in [0.4, 0.5) is 0 Å². The first-order valence-corrected chi connectivity index (χ1v) is 8.85. The monoisotopic (exact) mass is 356 g/mol. The molecular formula is C17H16N4O3S. The Morgan fingerprint density at radius 1 is 1.16 bits per heavy atom. The van der Waals surface area contributed by atoms with E-state index in [4.69, 9.17) is 9.47 Å². The van der Waals surface area contributed by atoms with Crippen LogP contribution in [-0.4, -0.2) is 44.3 Å². The third-order valence-electron chi connectivity index (χ3n) is 3.86. The molecule has 7 nitrogen and oxygen atoms in total. The van der Waals surface area contributed by atoms with Crippen LogP contribution in [0.2, 0.25) is 0 Å². The van der Waals surface area contributed by atoms with Crippen molar-refractivity contribution in [2.75, 3.05) is 19.0 Å². The first-order chi connectivity index (χ1) is 12.1. The zero-order valence-electron chi connectivity index (χ0n) is 13.9. The van der Waals surface area contributed by atoms with E-state index >= 15 is 0 Å². The molecule has 3 aromatic rings. The number of Topliss-reactive ketones (excluding diaryl/α,β-unsaturated/α-hetero) is 1. The van der Waals surface area contributed by atoms with Crippen LogP contribution in [0, 0.1) is 13.8 Å². The first-order valence-electron chi connectivity index (χ1n) is 7.87. The largest absolute Gasteiger partial charge is 0.486 e. The molecule has 0 fully saturated rings. The zero-order valence-corrected chi connectivity index (χ0v) is 14.7. The van der Waals surface area contributed by atoms with Crippen LogP contribution in [0.25, 0.3) is 5.78 Å². The van der Waals surface area contributed by atoms with E-state index in [1.54, 1.807) is 18.2 Å². The minimum atomic E-state index is -0.00329. The summed E-state index contributed by atoms with van der Waals surface area (Å²) in [7, 11) is 0. The maximum absolute atomic E-state index is 12.5. The summed E-state index contributed by atoms with van der Waals surface area (Å²) < 4.78 is 12.9. The lowest BCUT2D eigenvalue weighted by Gasteiger charge is -2.18. The maximum atomic E-state index is 12.5. The van der Waals surface area contributed by atoms with Crippen LogP contribution >= 0.6 is 11.8 Å². The standard InChI is InChI=1S/C17H16N4O3S/c1-10-7-11(2)21-16(18-10)19-20-17(21)25-9-13(22)12-3-4-14-15(8-12)24-6-5-23-14/h3-4,7-8H,5-6,9H2,1-2H3. The number of hydrogen-bond donors (Lipinski definition) is 0. The number of hydrogen-bond acceptors (Lipinski definition) is 7. The summed E-state index contributed by atoms with van der Waals surface area (Å²) in [5, 5.41) is 8.89. The number of nitrogens with zero attached hydrogens (tertiary/aromatic N) is 4. The molecule has 2 aromatic heterocycles. The van der Waals surface area contributed by atoms with Gasteiger partial charge in [0, 0.05) is 17.0 Å². The van der Waals surface area contributed by atoms with Crippen LogP contribution in [0.15, 0.2) is 29.4 Å². The van der Waals surface area contributed by atoms with E-state index in [-0.39, 0.29) is 11.5 Å². The van der Waals surface area contributed by atoms with Crippen LogP contribution < -0.4 is 9.47 Å². The highest BCUT2D eigenvalue weighted by atomic mass is 32.2. The molecule has 4 rings (SSSR count). The minimum Gasteiger partial charge on any atom is -0.486 e. The molecule has 3 heterocycles. The number of ether oxygens (including phenoxy) is 2. The lowest BCUT2D eigenvalue weighted by atomic mass is 10.1. The quantitative estimate of drug-likeness (QED) is 0.525. The van der Waals surface area contributed by atoms with Crippen molar-refractivity contribution in [3.05, 3.63) is 41.2 Å². The molecule has 25 heavy (non-hydrogen) atoms. The number of aryl methyl sites for hydroxylation is 2. The Hall–Kier alpha value is -2.61. The van der Waals surface area contributed by atoms with Gasteiger partial charge in [0.1, 0.15) is 13.2 Å². The van der Waals surface area contributed by atoms with Crippen molar-refractivity contribution in [2.45, 2.75) is 19.0 Å². The predicted octanol–water partition coefficient (Wildman–Crippen LogP) is 2.49. The average molecular weight is 356 g/mol. The Labute approximate surface area is 148 Å². The predicted molar refractivity (Wildman–Crippen MR) is 92.7 cm³/mol. The molecule has 0 N–H and O–H groups in total. The molecule has 8 heteroatoms. The summed E-state index contributed by atoms with van der Waals surface area (Å²) in [6.45, 7) is 4.91. The molecule has 128 valence electrons. The van der Waals surface area contributed by atoms with E-state index in [0.717, 1.165) is 11.4 Å². The van der Waals surface area contributed by atoms with Crippen molar-refractivity contribution in [3.63, 3.8) is 0 Å². The van der Waals surface area contributed by atoms with E-state index in [1.165, 1.54) is 11.8 Å². The van der Waals surface area contributed by atoms with Gasteiger partial charge in [0.15, 0.2) is 22.4 Å². The Morgan fingerprint density at radius 2 is 1.96 bits per heavy atom. The summed E-state index contributed by atoms with van der Waals surface area (Å²) in [5.41, 5.74) is 2.47. The van der Waals surface area contributed by atoms with Gasteiger partial charge >= 0.3 is 0 Å². The third-order valence-corrected chi connectivity index (χ3v) is 4.79. The van der Waals surface area contributed by atoms with Gasteiger partial charge < -0.3 is 9.47 Å². The third kappa shape index (κ3) is 3.05. The van der Waals surface area contributed by atoms with Crippen LogP contribution in [0.3, 0.4) is 0 Å². The molecule has 1 aromatic carbocycles. The van der Waals surface area contributed by atoms with E-state index < -0.39 is 0 Å². The van der Waals surface area contributed by atoms with Gasteiger partial charge in [-0.3, -0.25) is 9.20 Å². The SMILES string of the molecule is Cc1cc(C)n2c(SCC(=O)c3ccc4c(c3)OCCO4)nnc2n1. The molecular weight excluding hydrogens is 340 g/mol. The van der Waals surface area contributed by atoms with Crippen molar-refractivity contribution in [1.82, 2.24) is 19.6 Å². The Balaban J connectivity index is 1.53. The smallest absolute Gasteiger partial charge is 0.256 e. The van der Waals surface area contributed by atoms with Gasteiger partial charge in [-0.15, -0.1) is 10.2 Å². The molecule has 0 spiro atoms. The van der Waals surface area contributed by atoms with Gasteiger partial charge in [-0.05, 0) is 38.1 Å². The fourth-order valence-electron chi connectivity index (χ4n) is 2.72. The second-order valence-corrected chi connectivity index (χ2v) is 6.67. The van der Waals surface area contributed by atoms with Crippen molar-refractivity contribution in [3.8, 4) is 11.5 Å². The summed E-state index contributed by atoms with van der Waals surface area (Å²) >= 11 is 1.34. The molecule has 0 saturated carbocycles. The molecule has 0 radical (unpaired) electrons. The van der Waals surface area contributed by atoms with Gasteiger partial charge in [-0.2, -0.15) is 0 Å². The highest BCUT2D eigenvalue weighted by Crippen LogP contribution is 2.31. The van der Waals surface area contributed by atoms with E-state index in [1.807, 2.05) is 24.3 Å². The number of carbonyl (C=O) groups excluding carboxylic acids is 1. The number of ketones is 1. The maximum Gasteiger partial charge on any atom is 0.256 e. The summed E-state index contributed by atoms with van der Waals surface area (Å²) in [4.78, 5) is 16.9. The summed E-state index contributed by atoms with van der Waals surface area (Å²) in [6, 6.07) is 7.22. The van der Waals surface area contributed by atoms with E-state index in [2.05, 4.69) is 15.2 Å². The number of fused-ring (bicyclic) bond motifs is 2. The van der Waals surface area contributed by atoms with Crippen molar-refractivity contribution in [1.29, 1.82) is 0 Å². The molecule has 1 aliphatic rings. The van der Waals surface area contributed by atoms with Crippen LogP contribution in [0.5, 0.6) is 11.5 Å². The number of benzene rings is 1. The number of aromatic nitrogens is 4. The molecule has 0 amide bonds. The second-order valence-electron chi connectivity index (χ2n) is 5.73.